The Bertz CT molecular complexity index is 775. The van der Waals surface area contributed by atoms with E-state index in [0.29, 0.717) is 23.4 Å². The molecule has 0 fully saturated rings. The lowest BCUT2D eigenvalue weighted by Crippen LogP contribution is -2.31. The van der Waals surface area contributed by atoms with Crippen molar-refractivity contribution in [3.05, 3.63) is 54.1 Å². The van der Waals surface area contributed by atoms with Crippen molar-refractivity contribution >= 4 is 29.3 Å². The SMILES string of the molecule is COc1ccc(SCCC(=O)N2CC(C(=O)O)c3ccccc32)cc1. The molecule has 1 N–H and O–H groups in total. The van der Waals surface area contributed by atoms with E-state index in [1.54, 1.807) is 29.8 Å². The van der Waals surface area contributed by atoms with Crippen LogP contribution in [0.4, 0.5) is 5.69 Å². The average Bonchev–Trinajstić information content (AvgIpc) is 3.02. The van der Waals surface area contributed by atoms with Crippen molar-refractivity contribution < 1.29 is 19.4 Å². The molecular weight excluding hydrogens is 338 g/mol. The fourth-order valence-electron chi connectivity index (χ4n) is 2.92. The van der Waals surface area contributed by atoms with Gasteiger partial charge in [0.25, 0.3) is 0 Å². The standard InChI is InChI=1S/C19H19NO4S/c1-24-13-6-8-14(9-7-13)25-11-10-18(21)20-12-16(19(22)23)15-4-2-3-5-17(15)20/h2-9,16H,10-12H2,1H3,(H,22,23). The van der Waals surface area contributed by atoms with E-state index in [4.69, 9.17) is 4.74 Å². The topological polar surface area (TPSA) is 66.8 Å². The number of ether oxygens (including phenoxy) is 1. The number of amides is 1. The molecule has 0 radical (unpaired) electrons. The highest BCUT2D eigenvalue weighted by Gasteiger charge is 2.35. The van der Waals surface area contributed by atoms with Crippen LogP contribution in [0, 0.1) is 0 Å². The summed E-state index contributed by atoms with van der Waals surface area (Å²) in [6.07, 6.45) is 0.359. The molecule has 1 amide bonds. The number of anilines is 1. The summed E-state index contributed by atoms with van der Waals surface area (Å²) in [5, 5.41) is 9.37. The molecule has 0 aliphatic carbocycles. The minimum atomic E-state index is -0.893. The Hall–Kier alpha value is -2.47. The van der Waals surface area contributed by atoms with Crippen molar-refractivity contribution in [2.24, 2.45) is 0 Å². The van der Waals surface area contributed by atoms with Gasteiger partial charge in [0.15, 0.2) is 0 Å². The maximum Gasteiger partial charge on any atom is 0.312 e. The Labute approximate surface area is 150 Å². The molecule has 0 saturated heterocycles. The van der Waals surface area contributed by atoms with Crippen molar-refractivity contribution in [2.75, 3.05) is 24.3 Å². The number of hydrogen-bond acceptors (Lipinski definition) is 4. The third kappa shape index (κ3) is 3.79. The molecule has 0 aromatic heterocycles. The highest BCUT2D eigenvalue weighted by Crippen LogP contribution is 2.36. The minimum absolute atomic E-state index is 0.0442. The number of thioether (sulfide) groups is 1. The zero-order chi connectivity index (χ0) is 17.8. The summed E-state index contributed by atoms with van der Waals surface area (Å²) in [7, 11) is 1.62. The Kier molecular flexibility index (Phi) is 5.28. The van der Waals surface area contributed by atoms with E-state index in [1.807, 2.05) is 42.5 Å². The van der Waals surface area contributed by atoms with Crippen LogP contribution in [-0.2, 0) is 9.59 Å². The van der Waals surface area contributed by atoms with Crippen molar-refractivity contribution in [3.63, 3.8) is 0 Å². The van der Waals surface area contributed by atoms with Gasteiger partial charge in [-0.1, -0.05) is 18.2 Å². The van der Waals surface area contributed by atoms with E-state index < -0.39 is 11.9 Å². The molecule has 1 atom stereocenters. The maximum absolute atomic E-state index is 12.6. The predicted molar refractivity (Wildman–Crippen MR) is 97.5 cm³/mol. The van der Waals surface area contributed by atoms with E-state index in [9.17, 15) is 14.7 Å². The minimum Gasteiger partial charge on any atom is -0.497 e. The summed E-state index contributed by atoms with van der Waals surface area (Å²) in [5.74, 6) is -0.141. The zero-order valence-corrected chi connectivity index (χ0v) is 14.7. The first-order valence-corrected chi connectivity index (χ1v) is 8.97. The summed E-state index contributed by atoms with van der Waals surface area (Å²) in [4.78, 5) is 26.7. The molecule has 130 valence electrons. The second kappa shape index (κ2) is 7.61. The number of carboxylic acids is 1. The summed E-state index contributed by atoms with van der Waals surface area (Å²) >= 11 is 1.60. The van der Waals surface area contributed by atoms with Crippen LogP contribution >= 0.6 is 11.8 Å². The van der Waals surface area contributed by atoms with Crippen molar-refractivity contribution in [1.82, 2.24) is 0 Å². The van der Waals surface area contributed by atoms with Crippen LogP contribution < -0.4 is 9.64 Å². The van der Waals surface area contributed by atoms with Gasteiger partial charge in [-0.05, 0) is 35.9 Å². The fraction of sp³-hybridized carbons (Fsp3) is 0.263. The third-order valence-electron chi connectivity index (χ3n) is 4.21. The van der Waals surface area contributed by atoms with Crippen LogP contribution in [0.2, 0.25) is 0 Å². The van der Waals surface area contributed by atoms with Gasteiger partial charge in [0.05, 0.1) is 7.11 Å². The lowest BCUT2D eigenvalue weighted by atomic mass is 10.0. The number of hydrogen-bond donors (Lipinski definition) is 1. The number of rotatable bonds is 6. The largest absolute Gasteiger partial charge is 0.497 e. The van der Waals surface area contributed by atoms with Crippen LogP contribution in [0.25, 0.3) is 0 Å². The van der Waals surface area contributed by atoms with Gasteiger partial charge in [-0.3, -0.25) is 9.59 Å². The maximum atomic E-state index is 12.6. The monoisotopic (exact) mass is 357 g/mol. The number of carbonyl (C=O) groups excluding carboxylic acids is 1. The van der Waals surface area contributed by atoms with E-state index in [-0.39, 0.29) is 12.5 Å². The van der Waals surface area contributed by atoms with Crippen LogP contribution in [0.5, 0.6) is 5.75 Å². The number of methoxy groups -OCH3 is 1. The number of carboxylic acid groups (broad SMARTS) is 1. The molecule has 2 aromatic rings. The lowest BCUT2D eigenvalue weighted by Gasteiger charge is -2.17. The quantitative estimate of drug-likeness (QED) is 0.803. The lowest BCUT2D eigenvalue weighted by molar-refractivity contribution is -0.138. The average molecular weight is 357 g/mol. The number of nitrogens with zero attached hydrogens (tertiary/aromatic N) is 1. The van der Waals surface area contributed by atoms with Crippen LogP contribution in [0.3, 0.4) is 0 Å². The highest BCUT2D eigenvalue weighted by atomic mass is 32.2. The second-order valence-electron chi connectivity index (χ2n) is 5.73. The Morgan fingerprint density at radius 1 is 1.20 bits per heavy atom. The van der Waals surface area contributed by atoms with E-state index in [2.05, 4.69) is 0 Å². The number of para-hydroxylation sites is 1. The first-order valence-electron chi connectivity index (χ1n) is 7.99. The molecular formula is C19H19NO4S. The molecule has 1 aliphatic heterocycles. The summed E-state index contributed by atoms with van der Waals surface area (Å²) in [6.45, 7) is 0.209. The normalized spacial score (nSPS) is 15.7. The molecule has 0 saturated carbocycles. The number of benzene rings is 2. The third-order valence-corrected chi connectivity index (χ3v) is 5.23. The number of fused-ring (bicyclic) bond motifs is 1. The molecule has 0 bridgehead atoms. The first kappa shape index (κ1) is 17.4. The van der Waals surface area contributed by atoms with Gasteiger partial charge in [-0.25, -0.2) is 0 Å². The van der Waals surface area contributed by atoms with Crippen LogP contribution in [-0.4, -0.2) is 36.4 Å². The molecule has 1 heterocycles. The molecule has 0 spiro atoms. The van der Waals surface area contributed by atoms with Crippen molar-refractivity contribution in [3.8, 4) is 5.75 Å². The second-order valence-corrected chi connectivity index (χ2v) is 6.90. The Balaban J connectivity index is 1.61. The smallest absolute Gasteiger partial charge is 0.312 e. The molecule has 3 rings (SSSR count). The van der Waals surface area contributed by atoms with E-state index >= 15 is 0 Å². The van der Waals surface area contributed by atoms with Gasteiger partial charge < -0.3 is 14.7 Å². The van der Waals surface area contributed by atoms with Gasteiger partial charge in [0, 0.05) is 29.3 Å². The fourth-order valence-corrected chi connectivity index (χ4v) is 3.76. The zero-order valence-electron chi connectivity index (χ0n) is 13.8. The Morgan fingerprint density at radius 2 is 1.92 bits per heavy atom. The molecule has 6 heteroatoms. The van der Waals surface area contributed by atoms with Crippen molar-refractivity contribution in [1.29, 1.82) is 0 Å². The summed E-state index contributed by atoms with van der Waals surface area (Å²) in [5.41, 5.74) is 1.43. The summed E-state index contributed by atoms with van der Waals surface area (Å²) < 4.78 is 5.12. The van der Waals surface area contributed by atoms with Gasteiger partial charge in [0.2, 0.25) is 5.91 Å². The van der Waals surface area contributed by atoms with Crippen molar-refractivity contribution in [2.45, 2.75) is 17.2 Å². The molecule has 25 heavy (non-hydrogen) atoms. The first-order chi connectivity index (χ1) is 12.1. The number of carbonyl (C=O) groups is 2. The van der Waals surface area contributed by atoms with E-state index in [1.165, 1.54) is 0 Å². The molecule has 2 aromatic carbocycles. The Morgan fingerprint density at radius 3 is 2.60 bits per heavy atom. The van der Waals surface area contributed by atoms with Gasteiger partial charge in [-0.15, -0.1) is 11.8 Å². The summed E-state index contributed by atoms with van der Waals surface area (Å²) in [6, 6.07) is 14.9. The van der Waals surface area contributed by atoms with Gasteiger partial charge >= 0.3 is 5.97 Å². The van der Waals surface area contributed by atoms with Crippen LogP contribution in [0.1, 0.15) is 17.9 Å². The van der Waals surface area contributed by atoms with E-state index in [0.717, 1.165) is 10.6 Å². The predicted octanol–water partition coefficient (Wildman–Crippen LogP) is 3.39. The van der Waals surface area contributed by atoms with Crippen LogP contribution in [0.15, 0.2) is 53.4 Å². The molecule has 1 unspecified atom stereocenters. The molecule has 1 aliphatic rings. The van der Waals surface area contributed by atoms with Gasteiger partial charge in [0.1, 0.15) is 11.7 Å². The molecule has 5 nitrogen and oxygen atoms in total. The highest BCUT2D eigenvalue weighted by molar-refractivity contribution is 7.99. The van der Waals surface area contributed by atoms with Gasteiger partial charge in [-0.2, -0.15) is 0 Å². The number of aliphatic carboxylic acids is 1.